The Balaban J connectivity index is -0.000000242. The second kappa shape index (κ2) is 15.2. The van der Waals surface area contributed by atoms with E-state index in [2.05, 4.69) is 9.98 Å². The molecule has 0 radical (unpaired) electrons. The molecule has 0 aromatic heterocycles. The molecule has 0 spiro atoms. The zero-order valence-electron chi connectivity index (χ0n) is 25.5. The quantitative estimate of drug-likeness (QED) is 0.0879. The summed E-state index contributed by atoms with van der Waals surface area (Å²) in [5.74, 6) is 0. The first-order valence-corrected chi connectivity index (χ1v) is 15.1. The standard InChI is InChI=1S/2C10H21N4.2F6P/c2*1-12(2)7-10(8-13(3)4)11-9-14(5)6;2*1-7(2,3,4,5)6/h2*7-9H,1-6H3;;/q2*+1;2*-1. The zero-order chi connectivity index (χ0) is 35.1. The summed E-state index contributed by atoms with van der Waals surface area (Å²) in [6.45, 7) is 0. The Morgan fingerprint density at radius 2 is 0.643 bits per heavy atom. The number of halogens is 12. The van der Waals surface area contributed by atoms with Crippen molar-refractivity contribution in [1.82, 2.24) is 19.6 Å². The van der Waals surface area contributed by atoms with Gasteiger partial charge in [0, 0.05) is 68.8 Å². The van der Waals surface area contributed by atoms with Gasteiger partial charge in [-0.1, -0.05) is 0 Å². The van der Waals surface area contributed by atoms with Crippen molar-refractivity contribution >= 4 is 40.7 Å². The van der Waals surface area contributed by atoms with Gasteiger partial charge in [0.05, 0.1) is 12.7 Å². The summed E-state index contributed by atoms with van der Waals surface area (Å²) in [5, 5.41) is 0. The third-order valence-electron chi connectivity index (χ3n) is 2.44. The van der Waals surface area contributed by atoms with Gasteiger partial charge >= 0.3 is 66.0 Å². The Kier molecular flexibility index (Phi) is 16.8. The van der Waals surface area contributed by atoms with Gasteiger partial charge in [-0.2, -0.15) is 0 Å². The first-order valence-electron chi connectivity index (χ1n) is 11.1. The van der Waals surface area contributed by atoms with Crippen molar-refractivity contribution in [3.63, 3.8) is 0 Å². The van der Waals surface area contributed by atoms with Gasteiger partial charge in [-0.25, -0.2) is 19.1 Å². The van der Waals surface area contributed by atoms with Crippen LogP contribution in [-0.4, -0.2) is 138 Å². The average Bonchev–Trinajstić information content (AvgIpc) is 2.57. The first-order chi connectivity index (χ1) is 17.7. The van der Waals surface area contributed by atoms with Crippen molar-refractivity contribution in [2.24, 2.45) is 9.98 Å². The van der Waals surface area contributed by atoms with E-state index in [1.165, 1.54) is 0 Å². The van der Waals surface area contributed by atoms with Gasteiger partial charge in [-0.15, -0.1) is 0 Å². The molecule has 0 saturated carbocycles. The molecule has 0 aliphatic heterocycles. The van der Waals surface area contributed by atoms with E-state index < -0.39 is 15.6 Å². The Bertz CT molecular complexity index is 896. The van der Waals surface area contributed by atoms with Gasteiger partial charge in [-0.05, 0) is 0 Å². The Morgan fingerprint density at radius 1 is 0.452 bits per heavy atom. The van der Waals surface area contributed by atoms with E-state index in [1.54, 1.807) is 12.7 Å². The van der Waals surface area contributed by atoms with Crippen molar-refractivity contribution in [3.8, 4) is 0 Å². The van der Waals surface area contributed by atoms with Crippen molar-refractivity contribution in [3.05, 3.63) is 23.8 Å². The Labute approximate surface area is 238 Å². The second-order valence-corrected chi connectivity index (χ2v) is 13.4. The molecule has 0 heterocycles. The van der Waals surface area contributed by atoms with E-state index in [9.17, 15) is 50.4 Å². The molecule has 22 heteroatoms. The summed E-state index contributed by atoms with van der Waals surface area (Å²) in [6, 6.07) is 0. The van der Waals surface area contributed by atoms with Crippen molar-refractivity contribution in [2.45, 2.75) is 0 Å². The second-order valence-electron chi connectivity index (χ2n) is 9.55. The van der Waals surface area contributed by atoms with Gasteiger partial charge in [0.15, 0.2) is 12.4 Å². The molecule has 0 saturated heterocycles. The van der Waals surface area contributed by atoms with Crippen LogP contribution in [0.5, 0.6) is 0 Å². The van der Waals surface area contributed by atoms with E-state index in [1.807, 2.05) is 138 Å². The molecule has 0 atom stereocenters. The zero-order valence-corrected chi connectivity index (χ0v) is 27.3. The summed E-state index contributed by atoms with van der Waals surface area (Å²) < 4.78 is 122. The summed E-state index contributed by atoms with van der Waals surface area (Å²) in [4.78, 5) is 16.4. The molecule has 256 valence electrons. The molecule has 0 N–H and O–H groups in total. The molecular formula is C20H42F12N8P2. The van der Waals surface area contributed by atoms with Crippen LogP contribution in [0.4, 0.5) is 50.4 Å². The van der Waals surface area contributed by atoms with E-state index >= 15 is 0 Å². The third kappa shape index (κ3) is 90.5. The summed E-state index contributed by atoms with van der Waals surface area (Å²) in [7, 11) is 2.34. The molecule has 0 aliphatic carbocycles. The van der Waals surface area contributed by atoms with Crippen LogP contribution >= 0.6 is 15.6 Å². The number of allylic oxidation sites excluding steroid dienone is 2. The Morgan fingerprint density at radius 3 is 0.762 bits per heavy atom. The van der Waals surface area contributed by atoms with Gasteiger partial charge in [0.1, 0.15) is 39.6 Å². The van der Waals surface area contributed by atoms with Crippen LogP contribution in [0.15, 0.2) is 33.8 Å². The summed E-state index contributed by atoms with van der Waals surface area (Å²) >= 11 is 0. The minimum absolute atomic E-state index is 0.925. The number of hydrogen-bond donors (Lipinski definition) is 0. The van der Waals surface area contributed by atoms with Crippen LogP contribution in [0.1, 0.15) is 0 Å². The monoisotopic (exact) mass is 684 g/mol. The molecular weight excluding hydrogens is 642 g/mol. The van der Waals surface area contributed by atoms with Gasteiger partial charge < -0.3 is 19.6 Å². The van der Waals surface area contributed by atoms with Crippen LogP contribution in [0, 0.1) is 0 Å². The normalized spacial score (nSPS) is 15.5. The maximum atomic E-state index is 9.87. The van der Waals surface area contributed by atoms with Crippen LogP contribution < -0.4 is 0 Å². The van der Waals surface area contributed by atoms with E-state index in [4.69, 9.17) is 0 Å². The molecule has 0 amide bonds. The molecule has 0 aromatic rings. The van der Waals surface area contributed by atoms with Gasteiger partial charge in [0.25, 0.3) is 0 Å². The van der Waals surface area contributed by atoms with Gasteiger partial charge in [-0.3, -0.25) is 0 Å². The van der Waals surface area contributed by atoms with E-state index in [-0.39, 0.29) is 0 Å². The van der Waals surface area contributed by atoms with Crippen LogP contribution in [0.25, 0.3) is 0 Å². The van der Waals surface area contributed by atoms with Crippen molar-refractivity contribution in [1.29, 1.82) is 0 Å². The number of hydrogen-bond acceptors (Lipinski definition) is 4. The van der Waals surface area contributed by atoms with Crippen LogP contribution in [0.2, 0.25) is 0 Å². The minimum atomic E-state index is -10.7. The number of aliphatic imine (C=N–C) groups is 2. The molecule has 8 nitrogen and oxygen atoms in total. The topological polar surface area (TPSA) is 43.7 Å². The molecule has 0 fully saturated rings. The Hall–Kier alpha value is -2.62. The van der Waals surface area contributed by atoms with E-state index in [0.29, 0.717) is 0 Å². The van der Waals surface area contributed by atoms with Crippen LogP contribution in [-0.2, 0) is 0 Å². The molecule has 0 bridgehead atoms. The first kappa shape index (κ1) is 46.3. The molecule has 0 aromatic carbocycles. The molecule has 0 aliphatic rings. The van der Waals surface area contributed by atoms with Crippen molar-refractivity contribution < 1.29 is 59.5 Å². The fourth-order valence-electron chi connectivity index (χ4n) is 1.62. The molecule has 42 heavy (non-hydrogen) atoms. The number of rotatable bonds is 8. The van der Waals surface area contributed by atoms with Crippen molar-refractivity contribution in [2.75, 3.05) is 84.6 Å². The predicted octanol–water partition coefficient (Wildman–Crippen LogP) is 7.41. The molecule has 0 rings (SSSR count). The van der Waals surface area contributed by atoms with Gasteiger partial charge in [0.2, 0.25) is 0 Å². The average molecular weight is 685 g/mol. The fourth-order valence-corrected chi connectivity index (χ4v) is 1.62. The fraction of sp³-hybridized carbons (Fsp3) is 0.600. The number of nitrogens with zero attached hydrogens (tertiary/aromatic N) is 8. The summed E-state index contributed by atoms with van der Waals surface area (Å²) in [5.41, 5.74) is 1.85. The molecule has 0 unspecified atom stereocenters. The summed E-state index contributed by atoms with van der Waals surface area (Å²) in [6.07, 6.45) is 11.5. The SMILES string of the molecule is CN(C)C=NC(=CN(C)C)C=[N+](C)C.CN(C)C=NC(=CN(C)C)C=[N+](C)C.F[P-](F)(F)(F)(F)F.F[P-](F)(F)(F)(F)F. The third-order valence-corrected chi connectivity index (χ3v) is 2.44. The maximum absolute atomic E-state index is 10.7. The predicted molar refractivity (Wildman–Crippen MR) is 151 cm³/mol. The van der Waals surface area contributed by atoms with Crippen LogP contribution in [0.3, 0.4) is 0 Å². The van der Waals surface area contributed by atoms with E-state index in [0.717, 1.165) is 11.4 Å².